The fraction of sp³-hybridized carbons (Fsp3) is 0.0769. The second-order valence-corrected chi connectivity index (χ2v) is 5.07. The molecule has 0 bridgehead atoms. The van der Waals surface area contributed by atoms with E-state index in [1.165, 1.54) is 0 Å². The summed E-state index contributed by atoms with van der Waals surface area (Å²) in [5.41, 5.74) is 0.850. The fourth-order valence-corrected chi connectivity index (χ4v) is 2.13. The quantitative estimate of drug-likeness (QED) is 0.782. The summed E-state index contributed by atoms with van der Waals surface area (Å²) in [5.74, 6) is -1.47. The van der Waals surface area contributed by atoms with E-state index >= 15 is 0 Å². The molecule has 100 valence electrons. The molecule has 0 spiro atoms. The van der Waals surface area contributed by atoms with Gasteiger partial charge in [-0.05, 0) is 23.8 Å². The molecule has 0 amide bonds. The van der Waals surface area contributed by atoms with Gasteiger partial charge < -0.3 is 5.32 Å². The van der Waals surface area contributed by atoms with E-state index in [0.29, 0.717) is 16.6 Å². The summed E-state index contributed by atoms with van der Waals surface area (Å²) in [5, 5.41) is 3.63. The highest BCUT2D eigenvalue weighted by molar-refractivity contribution is 6.42. The number of anilines is 1. The molecule has 1 nitrogen and oxygen atoms in total. The van der Waals surface area contributed by atoms with E-state index in [0.717, 1.165) is 17.7 Å². The normalized spacial score (nSPS) is 10.6. The van der Waals surface area contributed by atoms with Gasteiger partial charge in [0.1, 0.15) is 5.82 Å². The summed E-state index contributed by atoms with van der Waals surface area (Å²) in [6.45, 7) is 0.291. The lowest BCUT2D eigenvalue weighted by Crippen LogP contribution is -2.02. The van der Waals surface area contributed by atoms with Crippen molar-refractivity contribution in [1.82, 2.24) is 0 Å². The van der Waals surface area contributed by atoms with Crippen molar-refractivity contribution in [2.75, 3.05) is 5.32 Å². The molecule has 0 aliphatic heterocycles. The van der Waals surface area contributed by atoms with Crippen LogP contribution in [0.1, 0.15) is 5.56 Å². The zero-order chi connectivity index (χ0) is 14.0. The molecule has 0 atom stereocenters. The molecule has 0 aromatic heterocycles. The van der Waals surface area contributed by atoms with E-state index in [4.69, 9.17) is 34.8 Å². The second-order valence-electron chi connectivity index (χ2n) is 3.85. The van der Waals surface area contributed by atoms with E-state index in [2.05, 4.69) is 5.32 Å². The van der Waals surface area contributed by atoms with Gasteiger partial charge in [0, 0.05) is 12.6 Å². The Morgan fingerprint density at radius 2 is 1.63 bits per heavy atom. The first-order valence-corrected chi connectivity index (χ1v) is 6.43. The van der Waals surface area contributed by atoms with E-state index in [1.807, 2.05) is 0 Å². The monoisotopic (exact) mass is 321 g/mol. The van der Waals surface area contributed by atoms with Crippen LogP contribution in [0.5, 0.6) is 0 Å². The summed E-state index contributed by atoms with van der Waals surface area (Å²) in [6, 6.07) is 6.86. The Morgan fingerprint density at radius 1 is 0.895 bits per heavy atom. The van der Waals surface area contributed by atoms with Crippen LogP contribution in [0, 0.1) is 11.6 Å². The smallest absolute Gasteiger partial charge is 0.150 e. The van der Waals surface area contributed by atoms with Gasteiger partial charge in [-0.2, -0.15) is 0 Å². The average Bonchev–Trinajstić information content (AvgIpc) is 2.32. The number of halogens is 5. The Morgan fingerprint density at radius 3 is 2.26 bits per heavy atom. The van der Waals surface area contributed by atoms with Crippen LogP contribution < -0.4 is 5.32 Å². The first-order chi connectivity index (χ1) is 8.97. The first-order valence-electron chi connectivity index (χ1n) is 5.29. The number of rotatable bonds is 3. The Balaban J connectivity index is 2.16. The van der Waals surface area contributed by atoms with Crippen molar-refractivity contribution in [3.05, 3.63) is 62.6 Å². The van der Waals surface area contributed by atoms with Crippen molar-refractivity contribution >= 4 is 40.5 Å². The molecule has 0 fully saturated rings. The van der Waals surface area contributed by atoms with Crippen molar-refractivity contribution in [3.63, 3.8) is 0 Å². The molecule has 19 heavy (non-hydrogen) atoms. The van der Waals surface area contributed by atoms with Crippen molar-refractivity contribution in [3.8, 4) is 0 Å². The second kappa shape index (κ2) is 5.95. The Labute approximate surface area is 124 Å². The lowest BCUT2D eigenvalue weighted by molar-refractivity contribution is 0.585. The molecule has 2 rings (SSSR count). The minimum absolute atomic E-state index is 0.0161. The maximum Gasteiger partial charge on any atom is 0.150 e. The number of nitrogens with one attached hydrogen (secondary N) is 1. The molecule has 0 saturated heterocycles. The molecular weight excluding hydrogens is 315 g/mol. The predicted molar refractivity (Wildman–Crippen MR) is 75.2 cm³/mol. The standard InChI is InChI=1S/C13H8Cl3F2N/c14-9-2-1-7(3-10(9)15)6-19-13-11(16)4-8(17)5-12(13)18/h1-5,19H,6H2. The third-order valence-corrected chi connectivity index (χ3v) is 3.50. The molecule has 6 heteroatoms. The van der Waals surface area contributed by atoms with Crippen molar-refractivity contribution in [2.24, 2.45) is 0 Å². The van der Waals surface area contributed by atoms with Gasteiger partial charge in [0.2, 0.25) is 0 Å². The fourth-order valence-electron chi connectivity index (χ4n) is 1.55. The van der Waals surface area contributed by atoms with Gasteiger partial charge >= 0.3 is 0 Å². The van der Waals surface area contributed by atoms with E-state index in [-0.39, 0.29) is 10.7 Å². The van der Waals surface area contributed by atoms with Crippen LogP contribution in [0.15, 0.2) is 30.3 Å². The minimum atomic E-state index is -0.745. The maximum atomic E-state index is 13.5. The number of hydrogen-bond acceptors (Lipinski definition) is 1. The molecular formula is C13H8Cl3F2N. The highest BCUT2D eigenvalue weighted by Crippen LogP contribution is 2.28. The van der Waals surface area contributed by atoms with E-state index in [9.17, 15) is 8.78 Å². The van der Waals surface area contributed by atoms with Crippen LogP contribution in [0.4, 0.5) is 14.5 Å². The van der Waals surface area contributed by atoms with Crippen molar-refractivity contribution < 1.29 is 8.78 Å². The summed E-state index contributed by atoms with van der Waals surface area (Å²) >= 11 is 17.4. The Kier molecular flexibility index (Phi) is 4.50. The van der Waals surface area contributed by atoms with Crippen molar-refractivity contribution in [2.45, 2.75) is 6.54 Å². The SMILES string of the molecule is Fc1cc(F)c(NCc2ccc(Cl)c(Cl)c2)c(Cl)c1. The number of hydrogen-bond donors (Lipinski definition) is 1. The van der Waals surface area contributed by atoms with E-state index < -0.39 is 11.6 Å². The van der Waals surface area contributed by atoms with Gasteiger partial charge in [0.25, 0.3) is 0 Å². The highest BCUT2D eigenvalue weighted by atomic mass is 35.5. The molecule has 0 radical (unpaired) electrons. The maximum absolute atomic E-state index is 13.5. The van der Waals surface area contributed by atoms with Crippen LogP contribution >= 0.6 is 34.8 Å². The molecule has 0 heterocycles. The highest BCUT2D eigenvalue weighted by Gasteiger charge is 2.09. The van der Waals surface area contributed by atoms with Gasteiger partial charge in [0.05, 0.1) is 20.8 Å². The topological polar surface area (TPSA) is 12.0 Å². The summed E-state index contributed by atoms with van der Waals surface area (Å²) < 4.78 is 26.4. The summed E-state index contributed by atoms with van der Waals surface area (Å²) in [7, 11) is 0. The van der Waals surface area contributed by atoms with Crippen LogP contribution in [0.2, 0.25) is 15.1 Å². The van der Waals surface area contributed by atoms with Gasteiger partial charge in [-0.25, -0.2) is 8.78 Å². The van der Waals surface area contributed by atoms with Crippen LogP contribution in [0.3, 0.4) is 0 Å². The lowest BCUT2D eigenvalue weighted by Gasteiger charge is -2.10. The Hall–Kier alpha value is -1.03. The molecule has 0 saturated carbocycles. The summed E-state index contributed by atoms with van der Waals surface area (Å²) in [4.78, 5) is 0. The first kappa shape index (κ1) is 14.4. The van der Waals surface area contributed by atoms with Crippen LogP contribution in [-0.4, -0.2) is 0 Å². The molecule has 2 aromatic carbocycles. The Bertz CT molecular complexity index is 594. The molecule has 0 aliphatic rings. The predicted octanol–water partition coefficient (Wildman–Crippen LogP) is 5.54. The lowest BCUT2D eigenvalue weighted by atomic mass is 10.2. The average molecular weight is 323 g/mol. The van der Waals surface area contributed by atoms with Gasteiger partial charge in [-0.3, -0.25) is 0 Å². The zero-order valence-corrected chi connectivity index (χ0v) is 11.8. The molecule has 2 aromatic rings. The third kappa shape index (κ3) is 3.50. The van der Waals surface area contributed by atoms with E-state index in [1.54, 1.807) is 18.2 Å². The minimum Gasteiger partial charge on any atom is -0.377 e. The van der Waals surface area contributed by atoms with Crippen molar-refractivity contribution in [1.29, 1.82) is 0 Å². The van der Waals surface area contributed by atoms with Gasteiger partial charge in [0.15, 0.2) is 5.82 Å². The molecule has 0 aliphatic carbocycles. The summed E-state index contributed by atoms with van der Waals surface area (Å²) in [6.07, 6.45) is 0. The van der Waals surface area contributed by atoms with Crippen LogP contribution in [0.25, 0.3) is 0 Å². The van der Waals surface area contributed by atoms with Crippen LogP contribution in [-0.2, 0) is 6.54 Å². The number of benzene rings is 2. The largest absolute Gasteiger partial charge is 0.377 e. The molecule has 1 N–H and O–H groups in total. The van der Waals surface area contributed by atoms with Gasteiger partial charge in [-0.1, -0.05) is 40.9 Å². The third-order valence-electron chi connectivity index (χ3n) is 2.46. The van der Waals surface area contributed by atoms with Gasteiger partial charge in [-0.15, -0.1) is 0 Å². The zero-order valence-electron chi connectivity index (χ0n) is 9.48. The molecule has 0 unspecified atom stereocenters.